The summed E-state index contributed by atoms with van der Waals surface area (Å²) in [6, 6.07) is 10.3. The Morgan fingerprint density at radius 1 is 1.04 bits per heavy atom. The molecule has 5 heteroatoms. The predicted octanol–water partition coefficient (Wildman–Crippen LogP) is 1.62. The van der Waals surface area contributed by atoms with Gasteiger partial charge in [-0.3, -0.25) is 4.79 Å². The molecule has 1 atom stereocenters. The highest BCUT2D eigenvalue weighted by molar-refractivity contribution is 5.85. The maximum absolute atomic E-state index is 13.1. The van der Waals surface area contributed by atoms with Crippen LogP contribution in [0.1, 0.15) is 37.7 Å². The van der Waals surface area contributed by atoms with Gasteiger partial charge in [0.2, 0.25) is 5.91 Å². The van der Waals surface area contributed by atoms with Gasteiger partial charge < -0.3 is 20.2 Å². The summed E-state index contributed by atoms with van der Waals surface area (Å²) in [7, 11) is 0. The topological polar surface area (TPSA) is 55.8 Å². The number of amides is 1. The summed E-state index contributed by atoms with van der Waals surface area (Å²) in [4.78, 5) is 17.5. The molecule has 26 heavy (non-hydrogen) atoms. The predicted molar refractivity (Wildman–Crippen MR) is 102 cm³/mol. The summed E-state index contributed by atoms with van der Waals surface area (Å²) in [6.45, 7) is 5.90. The van der Waals surface area contributed by atoms with Crippen molar-refractivity contribution in [1.82, 2.24) is 15.1 Å². The first-order chi connectivity index (χ1) is 12.6. The number of nitrogens with zero attached hydrogens (tertiary/aromatic N) is 2. The molecule has 142 valence electrons. The standard InChI is InChI=1S/C21H31N3O2/c25-19-20(10-14-24(19)15-18-5-2-1-3-6-18)8-12-23(13-9-20)17-21(26)7-4-11-22-16-21/h1-3,5-6,22,26H,4,7-17H2/t21-/m0/s1. The molecule has 1 aromatic carbocycles. The lowest BCUT2D eigenvalue weighted by Gasteiger charge is -2.42. The first-order valence-electron chi connectivity index (χ1n) is 10.1. The molecule has 3 heterocycles. The quantitative estimate of drug-likeness (QED) is 0.860. The Morgan fingerprint density at radius 2 is 1.77 bits per heavy atom. The van der Waals surface area contributed by atoms with E-state index in [1.54, 1.807) is 0 Å². The minimum Gasteiger partial charge on any atom is -0.387 e. The molecule has 1 amide bonds. The van der Waals surface area contributed by atoms with Crippen LogP contribution in [0.5, 0.6) is 0 Å². The van der Waals surface area contributed by atoms with Crippen LogP contribution >= 0.6 is 0 Å². The number of aliphatic hydroxyl groups is 1. The molecule has 0 unspecified atom stereocenters. The molecule has 0 aromatic heterocycles. The highest BCUT2D eigenvalue weighted by atomic mass is 16.3. The monoisotopic (exact) mass is 357 g/mol. The number of nitrogens with one attached hydrogen (secondary N) is 1. The van der Waals surface area contributed by atoms with E-state index in [0.29, 0.717) is 12.5 Å². The third-order valence-electron chi connectivity index (χ3n) is 6.60. The average Bonchev–Trinajstić information content (AvgIpc) is 2.95. The number of piperidine rings is 2. The Bertz CT molecular complexity index is 619. The van der Waals surface area contributed by atoms with Gasteiger partial charge in [0.1, 0.15) is 0 Å². The van der Waals surface area contributed by atoms with Crippen molar-refractivity contribution in [3.8, 4) is 0 Å². The van der Waals surface area contributed by atoms with Crippen molar-refractivity contribution in [3.05, 3.63) is 35.9 Å². The van der Waals surface area contributed by atoms with E-state index >= 15 is 0 Å². The maximum atomic E-state index is 13.1. The van der Waals surface area contributed by atoms with Crippen molar-refractivity contribution >= 4 is 5.91 Å². The summed E-state index contributed by atoms with van der Waals surface area (Å²) in [5.74, 6) is 0.346. The molecule has 3 fully saturated rings. The molecular weight excluding hydrogens is 326 g/mol. The Kier molecular flexibility index (Phi) is 5.04. The lowest BCUT2D eigenvalue weighted by Crippen LogP contribution is -2.55. The van der Waals surface area contributed by atoms with Gasteiger partial charge in [-0.25, -0.2) is 0 Å². The lowest BCUT2D eigenvalue weighted by atomic mass is 9.76. The third kappa shape index (κ3) is 3.66. The molecule has 0 saturated carbocycles. The Hall–Kier alpha value is -1.43. The summed E-state index contributed by atoms with van der Waals surface area (Å²) < 4.78 is 0. The first-order valence-corrected chi connectivity index (χ1v) is 10.1. The van der Waals surface area contributed by atoms with E-state index in [0.717, 1.165) is 71.4 Å². The fourth-order valence-corrected chi connectivity index (χ4v) is 4.95. The third-order valence-corrected chi connectivity index (χ3v) is 6.60. The minimum atomic E-state index is -0.595. The van der Waals surface area contributed by atoms with Crippen LogP contribution in [0.3, 0.4) is 0 Å². The van der Waals surface area contributed by atoms with Crippen LogP contribution < -0.4 is 5.32 Å². The van der Waals surface area contributed by atoms with Crippen LogP contribution in [-0.2, 0) is 11.3 Å². The van der Waals surface area contributed by atoms with Crippen LogP contribution in [0, 0.1) is 5.41 Å². The lowest BCUT2D eigenvalue weighted by molar-refractivity contribution is -0.139. The number of likely N-dealkylation sites (tertiary alicyclic amines) is 2. The summed E-state index contributed by atoms with van der Waals surface area (Å²) in [5.41, 5.74) is 0.461. The van der Waals surface area contributed by atoms with Crippen molar-refractivity contribution in [2.75, 3.05) is 39.3 Å². The second kappa shape index (κ2) is 7.29. The van der Waals surface area contributed by atoms with Crippen LogP contribution in [0.15, 0.2) is 30.3 Å². The van der Waals surface area contributed by atoms with Gasteiger partial charge in [-0.05, 0) is 57.3 Å². The van der Waals surface area contributed by atoms with Crippen LogP contribution in [0.2, 0.25) is 0 Å². The number of hydrogen-bond acceptors (Lipinski definition) is 4. The second-order valence-electron chi connectivity index (χ2n) is 8.52. The molecule has 2 N–H and O–H groups in total. The van der Waals surface area contributed by atoms with Crippen molar-refractivity contribution in [2.45, 2.75) is 44.2 Å². The van der Waals surface area contributed by atoms with Gasteiger partial charge in [-0.1, -0.05) is 30.3 Å². The maximum Gasteiger partial charge on any atom is 0.229 e. The molecule has 4 rings (SSSR count). The molecule has 3 aliphatic rings. The van der Waals surface area contributed by atoms with E-state index < -0.39 is 5.60 Å². The first kappa shape index (κ1) is 18.0. The van der Waals surface area contributed by atoms with E-state index in [1.165, 1.54) is 5.56 Å². The molecule has 3 aliphatic heterocycles. The number of carbonyl (C=O) groups is 1. The fourth-order valence-electron chi connectivity index (χ4n) is 4.95. The Balaban J connectivity index is 1.33. The average molecular weight is 357 g/mol. The van der Waals surface area contributed by atoms with Crippen molar-refractivity contribution in [2.24, 2.45) is 5.41 Å². The van der Waals surface area contributed by atoms with E-state index in [-0.39, 0.29) is 5.41 Å². The number of hydrogen-bond donors (Lipinski definition) is 2. The minimum absolute atomic E-state index is 0.154. The second-order valence-corrected chi connectivity index (χ2v) is 8.52. The molecule has 0 bridgehead atoms. The van der Waals surface area contributed by atoms with Gasteiger partial charge in [0.15, 0.2) is 0 Å². The Labute approximate surface area is 156 Å². The molecule has 0 aliphatic carbocycles. The number of β-amino-alcohol motifs (C(OH)–C–C–N with tert-alkyl or cyclic N) is 1. The van der Waals surface area contributed by atoms with Crippen molar-refractivity contribution < 1.29 is 9.90 Å². The fraction of sp³-hybridized carbons (Fsp3) is 0.667. The molecule has 1 spiro atoms. The highest BCUT2D eigenvalue weighted by Gasteiger charge is 2.48. The number of benzene rings is 1. The number of rotatable bonds is 4. The van der Waals surface area contributed by atoms with Crippen LogP contribution in [0.25, 0.3) is 0 Å². The van der Waals surface area contributed by atoms with Crippen LogP contribution in [-0.4, -0.2) is 65.7 Å². The van der Waals surface area contributed by atoms with Gasteiger partial charge in [0.25, 0.3) is 0 Å². The van der Waals surface area contributed by atoms with E-state index in [4.69, 9.17) is 0 Å². The molecule has 0 radical (unpaired) electrons. The largest absolute Gasteiger partial charge is 0.387 e. The summed E-state index contributed by atoms with van der Waals surface area (Å²) >= 11 is 0. The molecule has 1 aromatic rings. The molecule has 5 nitrogen and oxygen atoms in total. The SMILES string of the molecule is O=C1N(Cc2ccccc2)CCC12CCN(C[C@]1(O)CCCNC1)CC2. The van der Waals surface area contributed by atoms with Crippen molar-refractivity contribution in [3.63, 3.8) is 0 Å². The van der Waals surface area contributed by atoms with Gasteiger partial charge in [-0.15, -0.1) is 0 Å². The summed E-state index contributed by atoms with van der Waals surface area (Å²) in [5, 5.41) is 14.1. The number of carbonyl (C=O) groups excluding carboxylic acids is 1. The highest BCUT2D eigenvalue weighted by Crippen LogP contribution is 2.42. The zero-order chi connectivity index (χ0) is 18.0. The van der Waals surface area contributed by atoms with Crippen molar-refractivity contribution in [1.29, 1.82) is 0 Å². The van der Waals surface area contributed by atoms with Gasteiger partial charge >= 0.3 is 0 Å². The zero-order valence-corrected chi connectivity index (χ0v) is 15.6. The van der Waals surface area contributed by atoms with Gasteiger partial charge in [-0.2, -0.15) is 0 Å². The van der Waals surface area contributed by atoms with E-state index in [9.17, 15) is 9.90 Å². The van der Waals surface area contributed by atoms with Crippen LogP contribution in [0.4, 0.5) is 0 Å². The molecular formula is C21H31N3O2. The van der Waals surface area contributed by atoms with Gasteiger partial charge in [0, 0.05) is 26.2 Å². The van der Waals surface area contributed by atoms with Gasteiger partial charge in [0.05, 0.1) is 11.0 Å². The van der Waals surface area contributed by atoms with E-state index in [1.807, 2.05) is 23.1 Å². The zero-order valence-electron chi connectivity index (χ0n) is 15.6. The normalized spacial score (nSPS) is 29.4. The molecule has 3 saturated heterocycles. The Morgan fingerprint density at radius 3 is 2.46 bits per heavy atom. The summed E-state index contributed by atoms with van der Waals surface area (Å²) in [6.07, 6.45) is 4.77. The van der Waals surface area contributed by atoms with E-state index in [2.05, 4.69) is 22.3 Å². The smallest absolute Gasteiger partial charge is 0.229 e.